The normalized spacial score (nSPS) is 11.6. The van der Waals surface area contributed by atoms with Crippen LogP contribution < -0.4 is 29.8 Å². The van der Waals surface area contributed by atoms with Crippen LogP contribution >= 0.6 is 34.8 Å². The maximum absolute atomic E-state index is 8.01. The Morgan fingerprint density at radius 3 is 0.849 bits per heavy atom. The lowest BCUT2D eigenvalue weighted by molar-refractivity contribution is 0.572. The van der Waals surface area contributed by atoms with Crippen LogP contribution in [0.15, 0.2) is 471 Å². The van der Waals surface area contributed by atoms with Crippen LogP contribution in [0, 0.1) is 0 Å². The highest BCUT2D eigenvalue weighted by atomic mass is 35.5. The Bertz CT molecular complexity index is 7580. The zero-order valence-electron chi connectivity index (χ0n) is 80.6. The van der Waals surface area contributed by atoms with E-state index in [9.17, 15) is 0 Å². The number of furan rings is 2. The molecule has 0 unspecified atom stereocenters. The van der Waals surface area contributed by atoms with Gasteiger partial charge in [-0.3, -0.25) is 0 Å². The van der Waals surface area contributed by atoms with Gasteiger partial charge in [0.25, 0.3) is 0 Å². The SMILES string of the molecule is CC(C)(C)c1cc(Cl)c(Cl)c(N(c2ccccc2)c2ccc3cocc3c2)c1.CC(C)(C)c1ccc(N(c2cccc(N(c3ccccc3)c3cc(C(C)(C)C)cc(N(c4ccccc4)c4ccc5cocc5c4)c3Cl)c2)c2cc(-c3ccccc3)ccc2-c2ccccc2)cc1.CC(C)(C)c1ccc(N(c2cccc(Nc3ccccc3)c2)c2cc(-c3ccccc3)ccc2-c2ccccc2)cc1. The van der Waals surface area contributed by atoms with E-state index in [-0.39, 0.29) is 21.7 Å². The molecule has 0 spiro atoms. The number of benzene rings is 18. The van der Waals surface area contributed by atoms with Crippen molar-refractivity contribution < 1.29 is 8.83 Å². The molecule has 0 amide bonds. The van der Waals surface area contributed by atoms with Gasteiger partial charge >= 0.3 is 0 Å². The molecule has 0 fully saturated rings. The first-order valence-corrected chi connectivity index (χ1v) is 48.5. The zero-order valence-corrected chi connectivity index (χ0v) is 82.8. The van der Waals surface area contributed by atoms with Crippen molar-refractivity contribution in [2.24, 2.45) is 0 Å². The van der Waals surface area contributed by atoms with Gasteiger partial charge in [-0.05, 0) is 259 Å². The maximum atomic E-state index is 8.01. The molecule has 20 rings (SSSR count). The summed E-state index contributed by atoms with van der Waals surface area (Å²) >= 11 is 21.3. The van der Waals surface area contributed by atoms with Gasteiger partial charge in [-0.1, -0.05) is 373 Å². The van der Waals surface area contributed by atoms with E-state index in [1.165, 1.54) is 33.4 Å². The number of hydrogen-bond donors (Lipinski definition) is 1. The van der Waals surface area contributed by atoms with Gasteiger partial charge in [-0.25, -0.2) is 0 Å². The van der Waals surface area contributed by atoms with Gasteiger partial charge in [-0.2, -0.15) is 0 Å². The highest BCUT2D eigenvalue weighted by Crippen LogP contribution is 2.54. The summed E-state index contributed by atoms with van der Waals surface area (Å²) in [6, 6.07) is 155. The molecule has 8 nitrogen and oxygen atoms in total. The Morgan fingerprint density at radius 2 is 0.475 bits per heavy atom. The molecule has 0 aliphatic rings. The molecule has 0 radical (unpaired) electrons. The molecule has 0 atom stereocenters. The molecule has 18 aromatic carbocycles. The number of fused-ring (bicyclic) bond motifs is 2. The Balaban J connectivity index is 0.000000154. The van der Waals surface area contributed by atoms with Crippen molar-refractivity contribution in [2.75, 3.05) is 29.8 Å². The molecular weight excluding hydrogens is 1760 g/mol. The largest absolute Gasteiger partial charge is 0.471 e. The Hall–Kier alpha value is -15.3. The molecule has 11 heteroatoms. The second-order valence-electron chi connectivity index (χ2n) is 39.3. The number of rotatable bonds is 21. The summed E-state index contributed by atoms with van der Waals surface area (Å²) in [6.45, 7) is 26.9. The lowest BCUT2D eigenvalue weighted by Gasteiger charge is -2.34. The molecule has 20 aromatic rings. The van der Waals surface area contributed by atoms with Gasteiger partial charge in [0.15, 0.2) is 0 Å². The minimum atomic E-state index is -0.233. The number of nitrogens with one attached hydrogen (secondary N) is 1. The number of hydrogen-bond acceptors (Lipinski definition) is 8. The van der Waals surface area contributed by atoms with Crippen molar-refractivity contribution in [3.63, 3.8) is 0 Å². The fraction of sp³-hybridized carbons (Fsp3) is 0.125. The molecule has 2 aromatic heterocycles. The molecule has 0 saturated carbocycles. The minimum absolute atomic E-state index is 0.0102. The number of nitrogens with zero attached hydrogens (tertiary/aromatic N) is 5. The van der Waals surface area contributed by atoms with Crippen LogP contribution in [0.4, 0.5) is 96.7 Å². The van der Waals surface area contributed by atoms with E-state index < -0.39 is 0 Å². The summed E-state index contributed by atoms with van der Waals surface area (Å²) in [5, 5.41) is 9.44. The molecule has 2 heterocycles. The summed E-state index contributed by atoms with van der Waals surface area (Å²) in [4.78, 5) is 11.5. The van der Waals surface area contributed by atoms with Gasteiger partial charge in [0.05, 0.1) is 68.6 Å². The van der Waals surface area contributed by atoms with Crippen molar-refractivity contribution >= 4 is 153 Å². The Kier molecular flexibility index (Phi) is 27.7. The maximum Gasteiger partial charge on any atom is 0.0982 e. The molecular formula is C128H113Cl3N6O2. The molecule has 0 aliphatic carbocycles. The van der Waals surface area contributed by atoms with Crippen molar-refractivity contribution in [1.82, 2.24) is 0 Å². The van der Waals surface area contributed by atoms with E-state index in [2.05, 4.69) is 507 Å². The monoisotopic (exact) mass is 1870 g/mol. The highest BCUT2D eigenvalue weighted by molar-refractivity contribution is 6.44. The summed E-state index contributed by atoms with van der Waals surface area (Å²) in [7, 11) is 0. The lowest BCUT2D eigenvalue weighted by atomic mass is 9.86. The molecule has 0 bridgehead atoms. The van der Waals surface area contributed by atoms with Crippen LogP contribution in [0.1, 0.15) is 105 Å². The van der Waals surface area contributed by atoms with E-state index in [4.69, 9.17) is 43.6 Å². The van der Waals surface area contributed by atoms with Crippen LogP contribution in [0.25, 0.3) is 66.1 Å². The van der Waals surface area contributed by atoms with E-state index >= 15 is 0 Å². The molecule has 0 saturated heterocycles. The van der Waals surface area contributed by atoms with E-state index in [0.717, 1.165) is 152 Å². The molecule has 688 valence electrons. The predicted molar refractivity (Wildman–Crippen MR) is 594 cm³/mol. The number of anilines is 17. The van der Waals surface area contributed by atoms with Crippen LogP contribution in [0.3, 0.4) is 0 Å². The predicted octanol–water partition coefficient (Wildman–Crippen LogP) is 39.5. The van der Waals surface area contributed by atoms with E-state index in [1.54, 1.807) is 25.1 Å². The average molecular weight is 1870 g/mol. The van der Waals surface area contributed by atoms with Gasteiger partial charge in [0, 0.05) is 101 Å². The smallest absolute Gasteiger partial charge is 0.0982 e. The summed E-state index contributed by atoms with van der Waals surface area (Å²) < 4.78 is 11.0. The first kappa shape index (κ1) is 94.1. The second-order valence-corrected chi connectivity index (χ2v) is 40.4. The zero-order chi connectivity index (χ0) is 96.5. The topological polar surface area (TPSA) is 54.5 Å². The first-order chi connectivity index (χ1) is 67.2. The van der Waals surface area contributed by atoms with E-state index in [0.29, 0.717) is 15.1 Å². The Labute approximate surface area is 833 Å². The fourth-order valence-corrected chi connectivity index (χ4v) is 18.4. The van der Waals surface area contributed by atoms with Gasteiger partial charge in [0.2, 0.25) is 0 Å². The molecule has 0 aliphatic heterocycles. The third-order valence-corrected chi connectivity index (χ3v) is 26.5. The minimum Gasteiger partial charge on any atom is -0.471 e. The first-order valence-electron chi connectivity index (χ1n) is 47.4. The lowest BCUT2D eigenvalue weighted by Crippen LogP contribution is -2.19. The van der Waals surface area contributed by atoms with Gasteiger partial charge in [-0.15, -0.1) is 0 Å². The van der Waals surface area contributed by atoms with Crippen molar-refractivity contribution in [3.05, 3.63) is 499 Å². The van der Waals surface area contributed by atoms with Gasteiger partial charge in [0.1, 0.15) is 0 Å². The fourth-order valence-electron chi connectivity index (χ4n) is 17.8. The van der Waals surface area contributed by atoms with Crippen molar-refractivity contribution in [2.45, 2.75) is 105 Å². The van der Waals surface area contributed by atoms with Crippen LogP contribution in [0.5, 0.6) is 0 Å². The van der Waals surface area contributed by atoms with Gasteiger partial charge < -0.3 is 38.7 Å². The summed E-state index contributed by atoms with van der Waals surface area (Å²) in [6.07, 6.45) is 7.08. The Morgan fingerprint density at radius 1 is 0.194 bits per heavy atom. The summed E-state index contributed by atoms with van der Waals surface area (Å²) in [5.41, 5.74) is 31.0. The third kappa shape index (κ3) is 21.5. The quantitative estimate of drug-likeness (QED) is 0.0764. The summed E-state index contributed by atoms with van der Waals surface area (Å²) in [5.74, 6) is 0. The molecule has 1 N–H and O–H groups in total. The van der Waals surface area contributed by atoms with Crippen molar-refractivity contribution in [1.29, 1.82) is 0 Å². The standard InChI is InChI=1S/C64H56ClN3O.C40H36N2.C24H21Cl2NO/c1-63(2,3)50-32-35-54(36-33-50)66(59-39-47(45-20-11-7-12-21-45)31-37-58(59)46-22-13-8-14-23-46)55-28-19-29-56(42-55)67(52-24-15-9-16-25-52)60-40-51(64(4,5)6)41-61(62(60)65)68(53-26-17-10-18-27-53)57-34-30-48-43-69-44-49(48)38-57;1-40(2,3)33-23-25-36(26-24-33)42(37-21-13-20-35(29-37)41-34-18-11-6-12-19-34)39-28-32(30-14-7-4-8-15-30)22-27-38(39)31-16-9-5-10-17-31;1-24(2,3)18-12-21(25)23(26)22(13-18)27(19-7-5-4-6-8-19)20-10-9-16-14-28-15-17(16)11-20/h7-44H,1-6H3;4-29,41H,1-3H3;4-15H,1-3H3. The van der Waals surface area contributed by atoms with Crippen LogP contribution in [-0.4, -0.2) is 0 Å². The number of para-hydroxylation sites is 4. The van der Waals surface area contributed by atoms with Crippen LogP contribution in [0.2, 0.25) is 15.1 Å². The third-order valence-electron chi connectivity index (χ3n) is 25.3. The average Bonchev–Trinajstić information content (AvgIpc) is 0.781. The van der Waals surface area contributed by atoms with Crippen LogP contribution in [-0.2, 0) is 21.7 Å². The highest BCUT2D eigenvalue weighted by Gasteiger charge is 2.31. The second kappa shape index (κ2) is 40.9. The van der Waals surface area contributed by atoms with E-state index in [1.807, 2.05) is 42.5 Å². The van der Waals surface area contributed by atoms with Crippen molar-refractivity contribution in [3.8, 4) is 44.5 Å². The number of halogens is 3. The molecule has 139 heavy (non-hydrogen) atoms.